The van der Waals surface area contributed by atoms with Crippen LogP contribution in [0.3, 0.4) is 0 Å². The van der Waals surface area contributed by atoms with Crippen LogP contribution in [0, 0.1) is 6.92 Å². The van der Waals surface area contributed by atoms with E-state index in [2.05, 4.69) is 15.5 Å². The van der Waals surface area contributed by atoms with Gasteiger partial charge in [-0.2, -0.15) is 0 Å². The monoisotopic (exact) mass is 468 g/mol. The maximum absolute atomic E-state index is 12.5. The maximum atomic E-state index is 12.5. The Labute approximate surface area is 197 Å². The molecule has 3 rings (SSSR count). The zero-order valence-corrected chi connectivity index (χ0v) is 19.9. The Bertz CT molecular complexity index is 1100. The molecule has 174 valence electrons. The van der Waals surface area contributed by atoms with Gasteiger partial charge in [0.05, 0.1) is 17.9 Å². The molecular weight excluding hydrogens is 440 g/mol. The van der Waals surface area contributed by atoms with Crippen LogP contribution >= 0.6 is 11.8 Å². The van der Waals surface area contributed by atoms with Crippen molar-refractivity contribution in [3.63, 3.8) is 0 Å². The van der Waals surface area contributed by atoms with Crippen molar-refractivity contribution < 1.29 is 19.1 Å². The molecule has 1 amide bonds. The van der Waals surface area contributed by atoms with Gasteiger partial charge < -0.3 is 19.4 Å². The predicted octanol–water partition coefficient (Wildman–Crippen LogP) is 4.48. The first-order valence-electron chi connectivity index (χ1n) is 10.8. The molecule has 0 radical (unpaired) electrons. The molecule has 1 N–H and O–H groups in total. The van der Waals surface area contributed by atoms with E-state index in [0.29, 0.717) is 35.4 Å². The number of aryl methyl sites for hydroxylation is 1. The Morgan fingerprint density at radius 2 is 1.91 bits per heavy atom. The molecule has 0 unspecified atom stereocenters. The Balaban J connectivity index is 1.55. The minimum absolute atomic E-state index is 0.154. The lowest BCUT2D eigenvalue weighted by Crippen LogP contribution is -2.15. The molecule has 0 saturated heterocycles. The van der Waals surface area contributed by atoms with E-state index < -0.39 is 5.97 Å². The molecule has 0 bridgehead atoms. The van der Waals surface area contributed by atoms with E-state index in [9.17, 15) is 9.59 Å². The number of nitrogens with zero attached hydrogens (tertiary/aromatic N) is 3. The van der Waals surface area contributed by atoms with Gasteiger partial charge in [0, 0.05) is 12.2 Å². The second kappa shape index (κ2) is 12.1. The van der Waals surface area contributed by atoms with E-state index in [0.717, 1.165) is 17.7 Å². The third-order valence-electron chi connectivity index (χ3n) is 4.62. The van der Waals surface area contributed by atoms with E-state index >= 15 is 0 Å². The lowest BCUT2D eigenvalue weighted by Gasteiger charge is -2.10. The van der Waals surface area contributed by atoms with Crippen molar-refractivity contribution in [1.82, 2.24) is 14.8 Å². The second-order valence-electron chi connectivity index (χ2n) is 7.30. The van der Waals surface area contributed by atoms with Gasteiger partial charge in [-0.15, -0.1) is 10.2 Å². The Kier molecular flexibility index (Phi) is 8.88. The number of hydrogen-bond acceptors (Lipinski definition) is 7. The highest BCUT2D eigenvalue weighted by Crippen LogP contribution is 2.20. The standard InChI is InChI=1S/C24H28N4O4S/c1-4-12-31-23(30)18-9-7-10-19(14-18)25-22(29)16-33-24-27-26-21(28(24)5-2)15-32-20-11-6-8-17(3)13-20/h6-11,13-14H,4-5,12,15-16H2,1-3H3,(H,25,29). The molecule has 0 saturated carbocycles. The lowest BCUT2D eigenvalue weighted by molar-refractivity contribution is -0.113. The number of nitrogens with one attached hydrogen (secondary N) is 1. The van der Waals surface area contributed by atoms with Crippen LogP contribution in [0.1, 0.15) is 42.0 Å². The van der Waals surface area contributed by atoms with Gasteiger partial charge in [0.25, 0.3) is 0 Å². The Hall–Kier alpha value is -3.33. The van der Waals surface area contributed by atoms with Crippen LogP contribution in [0.5, 0.6) is 5.75 Å². The molecule has 0 atom stereocenters. The van der Waals surface area contributed by atoms with Crippen molar-refractivity contribution in [2.75, 3.05) is 17.7 Å². The molecule has 3 aromatic rings. The quantitative estimate of drug-likeness (QED) is 0.327. The minimum atomic E-state index is -0.404. The van der Waals surface area contributed by atoms with Crippen LogP contribution in [-0.4, -0.2) is 39.0 Å². The van der Waals surface area contributed by atoms with Crippen molar-refractivity contribution in [2.24, 2.45) is 0 Å². The van der Waals surface area contributed by atoms with Crippen molar-refractivity contribution >= 4 is 29.3 Å². The summed E-state index contributed by atoms with van der Waals surface area (Å²) in [5.74, 6) is 1.01. The molecule has 1 aromatic heterocycles. The largest absolute Gasteiger partial charge is 0.486 e. The summed E-state index contributed by atoms with van der Waals surface area (Å²) in [6.07, 6.45) is 0.752. The van der Waals surface area contributed by atoms with Gasteiger partial charge in [0.2, 0.25) is 5.91 Å². The van der Waals surface area contributed by atoms with Gasteiger partial charge in [-0.1, -0.05) is 36.9 Å². The van der Waals surface area contributed by atoms with Crippen molar-refractivity contribution in [3.05, 3.63) is 65.5 Å². The Morgan fingerprint density at radius 3 is 2.67 bits per heavy atom. The molecule has 9 heteroatoms. The highest BCUT2D eigenvalue weighted by Gasteiger charge is 2.14. The summed E-state index contributed by atoms with van der Waals surface area (Å²) in [5.41, 5.74) is 2.06. The Morgan fingerprint density at radius 1 is 1.09 bits per heavy atom. The van der Waals surface area contributed by atoms with Crippen molar-refractivity contribution in [3.8, 4) is 5.75 Å². The number of anilines is 1. The maximum Gasteiger partial charge on any atom is 0.338 e. The van der Waals surface area contributed by atoms with Crippen LogP contribution in [0.2, 0.25) is 0 Å². The second-order valence-corrected chi connectivity index (χ2v) is 8.24. The van der Waals surface area contributed by atoms with Crippen LogP contribution in [0.15, 0.2) is 53.7 Å². The summed E-state index contributed by atoms with van der Waals surface area (Å²) in [6.45, 7) is 7.24. The van der Waals surface area contributed by atoms with E-state index in [4.69, 9.17) is 9.47 Å². The molecule has 8 nitrogen and oxygen atoms in total. The zero-order valence-electron chi connectivity index (χ0n) is 19.0. The molecule has 1 heterocycles. The number of aromatic nitrogens is 3. The highest BCUT2D eigenvalue weighted by molar-refractivity contribution is 7.99. The van der Waals surface area contributed by atoms with Crippen LogP contribution in [-0.2, 0) is 22.7 Å². The number of carbonyl (C=O) groups is 2. The lowest BCUT2D eigenvalue weighted by atomic mass is 10.2. The highest BCUT2D eigenvalue weighted by atomic mass is 32.2. The first-order valence-corrected chi connectivity index (χ1v) is 11.8. The number of rotatable bonds is 11. The van der Waals surface area contributed by atoms with Gasteiger partial charge in [0.1, 0.15) is 12.4 Å². The van der Waals surface area contributed by atoms with E-state index in [1.54, 1.807) is 24.3 Å². The number of benzene rings is 2. The van der Waals surface area contributed by atoms with Crippen LogP contribution in [0.25, 0.3) is 0 Å². The van der Waals surface area contributed by atoms with E-state index in [1.807, 2.05) is 49.6 Å². The first-order chi connectivity index (χ1) is 16.0. The van der Waals surface area contributed by atoms with Crippen molar-refractivity contribution in [2.45, 2.75) is 45.5 Å². The molecule has 33 heavy (non-hydrogen) atoms. The van der Waals surface area contributed by atoms with E-state index in [1.165, 1.54) is 11.8 Å². The normalized spacial score (nSPS) is 10.6. The number of esters is 1. The summed E-state index contributed by atoms with van der Waals surface area (Å²) >= 11 is 1.30. The summed E-state index contributed by atoms with van der Waals surface area (Å²) in [7, 11) is 0. The number of amides is 1. The topological polar surface area (TPSA) is 95.3 Å². The molecular formula is C24H28N4O4S. The van der Waals surface area contributed by atoms with E-state index in [-0.39, 0.29) is 18.3 Å². The third kappa shape index (κ3) is 7.08. The molecule has 2 aromatic carbocycles. The van der Waals surface area contributed by atoms with Gasteiger partial charge >= 0.3 is 5.97 Å². The zero-order chi connectivity index (χ0) is 23.6. The fourth-order valence-corrected chi connectivity index (χ4v) is 3.85. The fraction of sp³-hybridized carbons (Fsp3) is 0.333. The van der Waals surface area contributed by atoms with Gasteiger partial charge in [-0.25, -0.2) is 4.79 Å². The predicted molar refractivity (Wildman–Crippen MR) is 128 cm³/mol. The van der Waals surface area contributed by atoms with Crippen molar-refractivity contribution in [1.29, 1.82) is 0 Å². The third-order valence-corrected chi connectivity index (χ3v) is 5.59. The summed E-state index contributed by atoms with van der Waals surface area (Å²) in [6, 6.07) is 14.5. The first kappa shape index (κ1) is 24.3. The number of ether oxygens (including phenoxy) is 2. The summed E-state index contributed by atoms with van der Waals surface area (Å²) in [4.78, 5) is 24.5. The van der Waals surface area contributed by atoms with Crippen LogP contribution < -0.4 is 10.1 Å². The molecule has 0 aliphatic carbocycles. The van der Waals surface area contributed by atoms with Crippen LogP contribution in [0.4, 0.5) is 5.69 Å². The average molecular weight is 469 g/mol. The average Bonchev–Trinajstić information content (AvgIpc) is 3.22. The summed E-state index contributed by atoms with van der Waals surface area (Å²) in [5, 5.41) is 11.9. The molecule has 0 fully saturated rings. The minimum Gasteiger partial charge on any atom is -0.486 e. The van der Waals surface area contributed by atoms with Gasteiger partial charge in [-0.05, 0) is 56.2 Å². The smallest absolute Gasteiger partial charge is 0.338 e. The molecule has 0 aliphatic heterocycles. The van der Waals surface area contributed by atoms with Gasteiger partial charge in [-0.3, -0.25) is 4.79 Å². The number of carbonyl (C=O) groups excluding carboxylic acids is 2. The molecule has 0 aliphatic rings. The summed E-state index contributed by atoms with van der Waals surface area (Å²) < 4.78 is 12.9. The molecule has 0 spiro atoms. The fourth-order valence-electron chi connectivity index (χ4n) is 3.03. The SMILES string of the molecule is CCCOC(=O)c1cccc(NC(=O)CSc2nnc(COc3cccc(C)c3)n2CC)c1. The number of thioether (sulfide) groups is 1. The number of hydrogen-bond donors (Lipinski definition) is 1. The van der Waals surface area contributed by atoms with Gasteiger partial charge in [0.15, 0.2) is 11.0 Å².